The molecule has 5 nitrogen and oxygen atoms in total. The van der Waals surface area contributed by atoms with Gasteiger partial charge < -0.3 is 19.7 Å². The van der Waals surface area contributed by atoms with Gasteiger partial charge in [0.2, 0.25) is 0 Å². The zero-order valence-corrected chi connectivity index (χ0v) is 15.5. The molecule has 0 radical (unpaired) electrons. The van der Waals surface area contributed by atoms with E-state index in [4.69, 9.17) is 9.47 Å². The topological polar surface area (TPSA) is 50.8 Å². The van der Waals surface area contributed by atoms with Gasteiger partial charge in [-0.15, -0.1) is 0 Å². The summed E-state index contributed by atoms with van der Waals surface area (Å²) in [4.78, 5) is 14.2. The van der Waals surface area contributed by atoms with Crippen molar-refractivity contribution >= 4 is 6.09 Å². The van der Waals surface area contributed by atoms with Crippen LogP contribution in [0.5, 0.6) is 0 Å². The number of ether oxygens (including phenoxy) is 2. The standard InChI is InChI=1S/C18H36N2O3/c1-5-6-13-22-14-9-11-19-15-16-10-7-8-12-20(16)17(21)23-18(2,3)4/h16,19H,5-15H2,1-4H3. The van der Waals surface area contributed by atoms with Gasteiger partial charge in [0.25, 0.3) is 0 Å². The van der Waals surface area contributed by atoms with Crippen LogP contribution in [0.1, 0.15) is 66.2 Å². The van der Waals surface area contributed by atoms with Crippen molar-refractivity contribution in [1.29, 1.82) is 0 Å². The smallest absolute Gasteiger partial charge is 0.410 e. The Balaban J connectivity index is 2.23. The Morgan fingerprint density at radius 3 is 2.65 bits per heavy atom. The predicted molar refractivity (Wildman–Crippen MR) is 93.8 cm³/mol. The monoisotopic (exact) mass is 328 g/mol. The van der Waals surface area contributed by atoms with Gasteiger partial charge in [-0.3, -0.25) is 0 Å². The summed E-state index contributed by atoms with van der Waals surface area (Å²) in [5, 5.41) is 3.46. The van der Waals surface area contributed by atoms with Crippen molar-refractivity contribution in [2.45, 2.75) is 77.9 Å². The first kappa shape index (κ1) is 20.2. The molecule has 1 amide bonds. The van der Waals surface area contributed by atoms with E-state index in [1.807, 2.05) is 25.7 Å². The Hall–Kier alpha value is -0.810. The summed E-state index contributed by atoms with van der Waals surface area (Å²) in [7, 11) is 0. The highest BCUT2D eigenvalue weighted by Crippen LogP contribution is 2.20. The van der Waals surface area contributed by atoms with Gasteiger partial charge >= 0.3 is 6.09 Å². The molecule has 0 aromatic rings. The van der Waals surface area contributed by atoms with Gasteiger partial charge in [0.05, 0.1) is 0 Å². The Morgan fingerprint density at radius 2 is 1.96 bits per heavy atom. The molecule has 0 saturated carbocycles. The van der Waals surface area contributed by atoms with E-state index in [1.165, 1.54) is 12.8 Å². The largest absolute Gasteiger partial charge is 0.444 e. The fraction of sp³-hybridized carbons (Fsp3) is 0.944. The quantitative estimate of drug-likeness (QED) is 0.657. The number of piperidine rings is 1. The number of rotatable bonds is 9. The molecule has 1 N–H and O–H groups in total. The summed E-state index contributed by atoms with van der Waals surface area (Å²) in [6.07, 6.45) is 6.47. The lowest BCUT2D eigenvalue weighted by atomic mass is 10.0. The number of carbonyl (C=O) groups excluding carboxylic acids is 1. The second kappa shape index (κ2) is 10.9. The summed E-state index contributed by atoms with van der Waals surface area (Å²) < 4.78 is 11.1. The van der Waals surface area contributed by atoms with Crippen LogP contribution in [0, 0.1) is 0 Å². The molecule has 0 aliphatic carbocycles. The zero-order valence-electron chi connectivity index (χ0n) is 15.5. The lowest BCUT2D eigenvalue weighted by Gasteiger charge is -2.37. The van der Waals surface area contributed by atoms with Crippen molar-refractivity contribution in [2.75, 3.05) is 32.8 Å². The Labute approximate surface area is 142 Å². The highest BCUT2D eigenvalue weighted by Gasteiger charge is 2.29. The van der Waals surface area contributed by atoms with Crippen molar-refractivity contribution < 1.29 is 14.3 Å². The molecule has 5 heteroatoms. The average molecular weight is 328 g/mol. The lowest BCUT2D eigenvalue weighted by Crippen LogP contribution is -2.50. The summed E-state index contributed by atoms with van der Waals surface area (Å²) in [6.45, 7) is 12.2. The highest BCUT2D eigenvalue weighted by atomic mass is 16.6. The van der Waals surface area contributed by atoms with Gasteiger partial charge in [0, 0.05) is 32.3 Å². The minimum atomic E-state index is -0.428. The van der Waals surface area contributed by atoms with Crippen molar-refractivity contribution in [2.24, 2.45) is 0 Å². The highest BCUT2D eigenvalue weighted by molar-refractivity contribution is 5.68. The van der Waals surface area contributed by atoms with E-state index in [1.54, 1.807) is 0 Å². The summed E-state index contributed by atoms with van der Waals surface area (Å²) in [6, 6.07) is 0.250. The summed E-state index contributed by atoms with van der Waals surface area (Å²) >= 11 is 0. The van der Waals surface area contributed by atoms with E-state index in [0.717, 1.165) is 58.5 Å². The molecular formula is C18H36N2O3. The van der Waals surface area contributed by atoms with Gasteiger partial charge in [-0.05, 0) is 59.4 Å². The third-order valence-corrected chi connectivity index (χ3v) is 3.92. The molecule has 0 bridgehead atoms. The Kier molecular flexibility index (Phi) is 9.56. The van der Waals surface area contributed by atoms with Gasteiger partial charge in [0.15, 0.2) is 0 Å². The van der Waals surface area contributed by atoms with Crippen LogP contribution in [0.25, 0.3) is 0 Å². The molecule has 1 fully saturated rings. The number of nitrogens with zero attached hydrogens (tertiary/aromatic N) is 1. The zero-order chi connectivity index (χ0) is 17.1. The molecule has 0 aromatic carbocycles. The summed E-state index contributed by atoms with van der Waals surface area (Å²) in [5.41, 5.74) is -0.428. The molecule has 1 saturated heterocycles. The molecule has 0 aromatic heterocycles. The molecule has 1 aliphatic heterocycles. The number of unbranched alkanes of at least 4 members (excludes halogenated alkanes) is 1. The van der Waals surface area contributed by atoms with Crippen molar-refractivity contribution in [3.05, 3.63) is 0 Å². The molecule has 1 aliphatic rings. The second-order valence-corrected chi connectivity index (χ2v) is 7.35. The second-order valence-electron chi connectivity index (χ2n) is 7.35. The molecule has 1 rings (SSSR count). The number of hydrogen-bond acceptors (Lipinski definition) is 4. The average Bonchev–Trinajstić information content (AvgIpc) is 2.48. The maximum atomic E-state index is 12.3. The molecule has 1 atom stereocenters. The molecular weight excluding hydrogens is 292 g/mol. The van der Waals surface area contributed by atoms with Crippen LogP contribution >= 0.6 is 0 Å². The first-order valence-corrected chi connectivity index (χ1v) is 9.22. The van der Waals surface area contributed by atoms with Crippen LogP contribution in [-0.4, -0.2) is 55.5 Å². The van der Waals surface area contributed by atoms with Gasteiger partial charge in [-0.25, -0.2) is 4.79 Å². The normalized spacial score (nSPS) is 19.0. The maximum Gasteiger partial charge on any atom is 0.410 e. The predicted octanol–water partition coefficient (Wildman–Crippen LogP) is 3.57. The van der Waals surface area contributed by atoms with Crippen molar-refractivity contribution in [1.82, 2.24) is 10.2 Å². The summed E-state index contributed by atoms with van der Waals surface area (Å²) in [5.74, 6) is 0. The van der Waals surface area contributed by atoms with E-state index in [-0.39, 0.29) is 12.1 Å². The van der Waals surface area contributed by atoms with Crippen molar-refractivity contribution in [3.8, 4) is 0 Å². The van der Waals surface area contributed by atoms with E-state index in [9.17, 15) is 4.79 Å². The number of hydrogen-bond donors (Lipinski definition) is 1. The minimum absolute atomic E-state index is 0.174. The third kappa shape index (κ3) is 9.16. The van der Waals surface area contributed by atoms with E-state index < -0.39 is 5.60 Å². The SMILES string of the molecule is CCCCOCCCNCC1CCCCN1C(=O)OC(C)(C)C. The van der Waals surface area contributed by atoms with E-state index in [0.29, 0.717) is 0 Å². The molecule has 23 heavy (non-hydrogen) atoms. The Morgan fingerprint density at radius 1 is 1.22 bits per heavy atom. The molecule has 0 spiro atoms. The maximum absolute atomic E-state index is 12.3. The van der Waals surface area contributed by atoms with Gasteiger partial charge in [-0.1, -0.05) is 13.3 Å². The lowest BCUT2D eigenvalue weighted by molar-refractivity contribution is 0.00990. The number of likely N-dealkylation sites (tertiary alicyclic amines) is 1. The van der Waals surface area contributed by atoms with Crippen molar-refractivity contribution in [3.63, 3.8) is 0 Å². The van der Waals surface area contributed by atoms with E-state index in [2.05, 4.69) is 12.2 Å². The van der Waals surface area contributed by atoms with Crippen LogP contribution < -0.4 is 5.32 Å². The van der Waals surface area contributed by atoms with Gasteiger partial charge in [0.1, 0.15) is 5.60 Å². The van der Waals surface area contributed by atoms with E-state index >= 15 is 0 Å². The fourth-order valence-corrected chi connectivity index (χ4v) is 2.69. The molecule has 136 valence electrons. The fourth-order valence-electron chi connectivity index (χ4n) is 2.69. The van der Waals surface area contributed by atoms with Crippen LogP contribution in [0.4, 0.5) is 4.79 Å². The minimum Gasteiger partial charge on any atom is -0.444 e. The number of carbonyl (C=O) groups is 1. The number of amides is 1. The Bertz CT molecular complexity index is 329. The van der Waals surface area contributed by atoms with Crippen LogP contribution in [0.15, 0.2) is 0 Å². The van der Waals surface area contributed by atoms with Gasteiger partial charge in [-0.2, -0.15) is 0 Å². The first-order chi connectivity index (χ1) is 10.9. The third-order valence-electron chi connectivity index (χ3n) is 3.92. The molecule has 1 heterocycles. The van der Waals surface area contributed by atoms with Crippen LogP contribution in [-0.2, 0) is 9.47 Å². The molecule has 1 unspecified atom stereocenters. The first-order valence-electron chi connectivity index (χ1n) is 9.22. The number of nitrogens with one attached hydrogen (secondary N) is 1. The van der Waals surface area contributed by atoms with Crippen LogP contribution in [0.2, 0.25) is 0 Å². The van der Waals surface area contributed by atoms with Crippen LogP contribution in [0.3, 0.4) is 0 Å².